The SMILES string of the molecule is CCCn1ncc(N2CC(C)CC(N)C2)c(Br)c1=O. The molecule has 0 saturated carbocycles. The van der Waals surface area contributed by atoms with E-state index in [2.05, 4.69) is 32.9 Å². The Bertz CT molecular complexity index is 492. The van der Waals surface area contributed by atoms with Gasteiger partial charge in [0.15, 0.2) is 0 Å². The van der Waals surface area contributed by atoms with E-state index in [9.17, 15) is 4.79 Å². The van der Waals surface area contributed by atoms with E-state index in [1.54, 1.807) is 6.20 Å². The topological polar surface area (TPSA) is 64.2 Å². The van der Waals surface area contributed by atoms with Crippen molar-refractivity contribution in [3.63, 3.8) is 0 Å². The van der Waals surface area contributed by atoms with Crippen molar-refractivity contribution >= 4 is 21.6 Å². The zero-order valence-corrected chi connectivity index (χ0v) is 13.1. The Balaban J connectivity index is 2.30. The van der Waals surface area contributed by atoms with Crippen molar-refractivity contribution in [3.8, 4) is 0 Å². The third kappa shape index (κ3) is 3.17. The van der Waals surface area contributed by atoms with Crippen molar-refractivity contribution in [2.45, 2.75) is 39.3 Å². The maximum absolute atomic E-state index is 12.2. The lowest BCUT2D eigenvalue weighted by molar-refractivity contribution is 0.400. The molecule has 2 heterocycles. The fourth-order valence-corrected chi connectivity index (χ4v) is 3.20. The summed E-state index contributed by atoms with van der Waals surface area (Å²) in [6.07, 6.45) is 3.70. The van der Waals surface area contributed by atoms with Gasteiger partial charge in [0.25, 0.3) is 5.56 Å². The highest BCUT2D eigenvalue weighted by molar-refractivity contribution is 9.10. The lowest BCUT2D eigenvalue weighted by Gasteiger charge is -2.36. The number of aryl methyl sites for hydroxylation is 1. The summed E-state index contributed by atoms with van der Waals surface area (Å²) in [7, 11) is 0. The van der Waals surface area contributed by atoms with Crippen molar-refractivity contribution in [1.82, 2.24) is 9.78 Å². The lowest BCUT2D eigenvalue weighted by atomic mass is 9.96. The van der Waals surface area contributed by atoms with Crippen molar-refractivity contribution in [1.29, 1.82) is 0 Å². The molecule has 0 spiro atoms. The molecular formula is C13H21BrN4O. The van der Waals surface area contributed by atoms with Gasteiger partial charge in [0.1, 0.15) is 4.47 Å². The Morgan fingerprint density at radius 2 is 2.26 bits per heavy atom. The van der Waals surface area contributed by atoms with Crippen LogP contribution in [0.2, 0.25) is 0 Å². The van der Waals surface area contributed by atoms with Crippen LogP contribution in [-0.2, 0) is 6.54 Å². The minimum atomic E-state index is -0.0638. The van der Waals surface area contributed by atoms with Gasteiger partial charge in [0.2, 0.25) is 0 Å². The van der Waals surface area contributed by atoms with E-state index >= 15 is 0 Å². The molecule has 2 rings (SSSR count). The average Bonchev–Trinajstić information content (AvgIpc) is 2.34. The number of piperidine rings is 1. The maximum atomic E-state index is 12.2. The number of nitrogens with two attached hydrogens (primary N) is 1. The Hall–Kier alpha value is -0.880. The van der Waals surface area contributed by atoms with Crippen LogP contribution in [0.5, 0.6) is 0 Å². The second-order valence-corrected chi connectivity index (χ2v) is 6.17. The number of rotatable bonds is 3. The second kappa shape index (κ2) is 6.05. The van der Waals surface area contributed by atoms with Gasteiger partial charge < -0.3 is 10.6 Å². The van der Waals surface area contributed by atoms with Gasteiger partial charge in [-0.25, -0.2) is 4.68 Å². The van der Waals surface area contributed by atoms with Crippen LogP contribution in [0.3, 0.4) is 0 Å². The Kier molecular flexibility index (Phi) is 4.62. The van der Waals surface area contributed by atoms with Crippen LogP contribution in [0.4, 0.5) is 5.69 Å². The number of anilines is 1. The van der Waals surface area contributed by atoms with E-state index in [0.717, 1.165) is 31.6 Å². The van der Waals surface area contributed by atoms with Crippen LogP contribution in [0, 0.1) is 5.92 Å². The first-order valence-electron chi connectivity index (χ1n) is 6.79. The first kappa shape index (κ1) is 14.5. The van der Waals surface area contributed by atoms with E-state index in [0.29, 0.717) is 16.9 Å². The molecule has 6 heteroatoms. The van der Waals surface area contributed by atoms with Gasteiger partial charge in [0.05, 0.1) is 11.9 Å². The van der Waals surface area contributed by atoms with Crippen molar-refractivity contribution in [3.05, 3.63) is 21.0 Å². The summed E-state index contributed by atoms with van der Waals surface area (Å²) >= 11 is 3.42. The molecule has 1 saturated heterocycles. The predicted molar refractivity (Wildman–Crippen MR) is 80.5 cm³/mol. The number of hydrogen-bond donors (Lipinski definition) is 1. The van der Waals surface area contributed by atoms with Gasteiger partial charge >= 0.3 is 0 Å². The van der Waals surface area contributed by atoms with E-state index in [4.69, 9.17) is 5.73 Å². The average molecular weight is 329 g/mol. The molecule has 2 atom stereocenters. The maximum Gasteiger partial charge on any atom is 0.283 e. The minimum Gasteiger partial charge on any atom is -0.367 e. The van der Waals surface area contributed by atoms with Crippen LogP contribution in [-0.4, -0.2) is 28.9 Å². The highest BCUT2D eigenvalue weighted by Crippen LogP contribution is 2.26. The van der Waals surface area contributed by atoms with Gasteiger partial charge in [-0.15, -0.1) is 0 Å². The van der Waals surface area contributed by atoms with Crippen LogP contribution in [0.15, 0.2) is 15.5 Å². The summed E-state index contributed by atoms with van der Waals surface area (Å²) in [5.74, 6) is 0.536. The molecular weight excluding hydrogens is 308 g/mol. The summed E-state index contributed by atoms with van der Waals surface area (Å²) in [5.41, 5.74) is 6.85. The molecule has 0 radical (unpaired) electrons. The third-order valence-electron chi connectivity index (χ3n) is 3.43. The second-order valence-electron chi connectivity index (χ2n) is 5.38. The molecule has 1 fully saturated rings. The molecule has 1 aliphatic heterocycles. The van der Waals surface area contributed by atoms with Crippen LogP contribution < -0.4 is 16.2 Å². The highest BCUT2D eigenvalue weighted by Gasteiger charge is 2.24. The van der Waals surface area contributed by atoms with Crippen molar-refractivity contribution in [2.75, 3.05) is 18.0 Å². The molecule has 2 N–H and O–H groups in total. The summed E-state index contributed by atoms with van der Waals surface area (Å²) in [5, 5.41) is 4.25. The van der Waals surface area contributed by atoms with Gasteiger partial charge in [-0.1, -0.05) is 13.8 Å². The van der Waals surface area contributed by atoms with E-state index in [1.165, 1.54) is 4.68 Å². The first-order valence-corrected chi connectivity index (χ1v) is 7.58. The highest BCUT2D eigenvalue weighted by atomic mass is 79.9. The third-order valence-corrected chi connectivity index (χ3v) is 4.18. The normalized spacial score (nSPS) is 23.7. The first-order chi connectivity index (χ1) is 9.02. The number of halogens is 1. The quantitative estimate of drug-likeness (QED) is 0.915. The standard InChI is InChI=1S/C13H21BrN4O/c1-3-4-18-13(19)12(14)11(6-16-18)17-7-9(2)5-10(15)8-17/h6,9-10H,3-5,7-8,15H2,1-2H3. The smallest absolute Gasteiger partial charge is 0.283 e. The van der Waals surface area contributed by atoms with Crippen molar-refractivity contribution < 1.29 is 0 Å². The summed E-state index contributed by atoms with van der Waals surface area (Å²) in [6, 6.07) is 0.161. The molecule has 0 aromatic carbocycles. The lowest BCUT2D eigenvalue weighted by Crippen LogP contribution is -2.47. The molecule has 0 bridgehead atoms. The fraction of sp³-hybridized carbons (Fsp3) is 0.692. The fourth-order valence-electron chi connectivity index (χ4n) is 2.64. The zero-order chi connectivity index (χ0) is 14.0. The molecule has 5 nitrogen and oxygen atoms in total. The van der Waals surface area contributed by atoms with Gasteiger partial charge in [-0.05, 0) is 34.7 Å². The summed E-state index contributed by atoms with van der Waals surface area (Å²) in [6.45, 7) is 6.56. The molecule has 19 heavy (non-hydrogen) atoms. The van der Waals surface area contributed by atoms with Gasteiger partial charge in [0, 0.05) is 25.7 Å². The number of nitrogens with zero attached hydrogens (tertiary/aromatic N) is 3. The van der Waals surface area contributed by atoms with Crippen molar-refractivity contribution in [2.24, 2.45) is 11.7 Å². The Morgan fingerprint density at radius 3 is 2.89 bits per heavy atom. The number of aromatic nitrogens is 2. The largest absolute Gasteiger partial charge is 0.367 e. The van der Waals surface area contributed by atoms with Crippen LogP contribution in [0.25, 0.3) is 0 Å². The molecule has 1 aromatic heterocycles. The van der Waals surface area contributed by atoms with Gasteiger partial charge in [-0.3, -0.25) is 4.79 Å². The minimum absolute atomic E-state index is 0.0638. The molecule has 2 unspecified atom stereocenters. The van der Waals surface area contributed by atoms with Gasteiger partial charge in [-0.2, -0.15) is 5.10 Å². The summed E-state index contributed by atoms with van der Waals surface area (Å²) < 4.78 is 2.10. The number of hydrogen-bond acceptors (Lipinski definition) is 4. The molecule has 1 aromatic rings. The van der Waals surface area contributed by atoms with E-state index < -0.39 is 0 Å². The molecule has 0 aliphatic carbocycles. The Labute approximate surface area is 121 Å². The predicted octanol–water partition coefficient (Wildman–Crippen LogP) is 1.59. The van der Waals surface area contributed by atoms with E-state index in [-0.39, 0.29) is 11.6 Å². The van der Waals surface area contributed by atoms with Crippen LogP contribution >= 0.6 is 15.9 Å². The summed E-state index contributed by atoms with van der Waals surface area (Å²) in [4.78, 5) is 14.3. The molecule has 106 valence electrons. The zero-order valence-electron chi connectivity index (χ0n) is 11.5. The molecule has 1 aliphatic rings. The monoisotopic (exact) mass is 328 g/mol. The van der Waals surface area contributed by atoms with Crippen LogP contribution in [0.1, 0.15) is 26.7 Å². The molecule has 0 amide bonds. The van der Waals surface area contributed by atoms with E-state index in [1.807, 2.05) is 6.92 Å². The Morgan fingerprint density at radius 1 is 1.53 bits per heavy atom.